The maximum atomic E-state index is 11.7. The van der Waals surface area contributed by atoms with Gasteiger partial charge in [-0.3, -0.25) is 0 Å². The van der Waals surface area contributed by atoms with Crippen LogP contribution in [0.2, 0.25) is 4.47 Å². The first kappa shape index (κ1) is 9.24. The summed E-state index contributed by atoms with van der Waals surface area (Å²) in [5, 5.41) is 0. The molecular formula is C11H12OTe. The average Bonchev–Trinajstić information content (AvgIpc) is 2.12. The Kier molecular flexibility index (Phi) is 2.45. The van der Waals surface area contributed by atoms with E-state index in [1.54, 1.807) is 0 Å². The Balaban J connectivity index is 2.67. The van der Waals surface area contributed by atoms with Crippen LogP contribution in [0.25, 0.3) is 0 Å². The number of aryl methyl sites for hydroxylation is 2. The van der Waals surface area contributed by atoms with Crippen molar-refractivity contribution in [2.45, 2.75) is 24.7 Å². The van der Waals surface area contributed by atoms with Gasteiger partial charge in [-0.1, -0.05) is 0 Å². The van der Waals surface area contributed by atoms with Gasteiger partial charge in [0.15, 0.2) is 0 Å². The maximum absolute atomic E-state index is 11.7. The van der Waals surface area contributed by atoms with E-state index in [1.807, 2.05) is 0 Å². The van der Waals surface area contributed by atoms with E-state index in [-0.39, 0.29) is 20.9 Å². The molecule has 0 atom stereocenters. The summed E-state index contributed by atoms with van der Waals surface area (Å²) in [4.78, 5) is 11.7. The molecule has 1 aromatic rings. The van der Waals surface area contributed by atoms with Crippen molar-refractivity contribution in [3.05, 3.63) is 28.8 Å². The number of benzene rings is 1. The molecule has 2 rings (SSSR count). The van der Waals surface area contributed by atoms with Gasteiger partial charge < -0.3 is 0 Å². The van der Waals surface area contributed by atoms with Gasteiger partial charge in [-0.25, -0.2) is 0 Å². The third kappa shape index (κ3) is 1.54. The Morgan fingerprint density at radius 3 is 2.62 bits per heavy atom. The summed E-state index contributed by atoms with van der Waals surface area (Å²) in [7, 11) is 0. The van der Waals surface area contributed by atoms with Crippen molar-refractivity contribution in [3.8, 4) is 0 Å². The number of fused-ring (bicyclic) bond motifs is 1. The number of hydrogen-bond donors (Lipinski definition) is 0. The molecule has 1 nitrogen and oxygen atoms in total. The van der Waals surface area contributed by atoms with Gasteiger partial charge in [0.25, 0.3) is 0 Å². The molecular weight excluding hydrogens is 276 g/mol. The molecule has 1 aliphatic heterocycles. The summed E-state index contributed by atoms with van der Waals surface area (Å²) in [6.45, 7) is 4.18. The first-order valence-corrected chi connectivity index (χ1v) is 7.27. The van der Waals surface area contributed by atoms with Crippen molar-refractivity contribution in [1.29, 1.82) is 0 Å². The van der Waals surface area contributed by atoms with Crippen molar-refractivity contribution in [2.24, 2.45) is 0 Å². The topological polar surface area (TPSA) is 17.1 Å². The number of carbonyl (C=O) groups is 1. The standard InChI is InChI=1S/C11H12OTe/c1-7-3-4-8(2)11-10(7)9(12)5-6-13-11/h3-4H,5-6H2,1-2H3. The minimum atomic E-state index is -0.0678. The third-order valence-electron chi connectivity index (χ3n) is 2.42. The molecule has 0 fully saturated rings. The molecule has 0 amide bonds. The van der Waals surface area contributed by atoms with Crippen LogP contribution in [0.1, 0.15) is 27.9 Å². The zero-order chi connectivity index (χ0) is 9.42. The van der Waals surface area contributed by atoms with E-state index in [0.717, 1.165) is 16.5 Å². The van der Waals surface area contributed by atoms with Crippen LogP contribution in [0, 0.1) is 13.8 Å². The van der Waals surface area contributed by atoms with Gasteiger partial charge in [-0.15, -0.1) is 0 Å². The molecule has 13 heavy (non-hydrogen) atoms. The van der Waals surface area contributed by atoms with E-state index in [2.05, 4.69) is 26.0 Å². The first-order valence-electron chi connectivity index (χ1n) is 4.46. The first-order chi connectivity index (χ1) is 6.20. The van der Waals surface area contributed by atoms with E-state index < -0.39 is 0 Å². The summed E-state index contributed by atoms with van der Waals surface area (Å²) in [6.07, 6.45) is 0.791. The predicted molar refractivity (Wildman–Crippen MR) is 55.1 cm³/mol. The number of Topliss-reactive ketones (excluding diaryl/α,β-unsaturated/α-hetero) is 1. The minimum absolute atomic E-state index is 0.0678. The molecule has 0 aliphatic carbocycles. The zero-order valence-corrected chi connectivity index (χ0v) is 10.2. The predicted octanol–water partition coefficient (Wildman–Crippen LogP) is 1.64. The summed E-state index contributed by atoms with van der Waals surface area (Å²) < 4.78 is 2.57. The molecule has 1 aromatic carbocycles. The second kappa shape index (κ2) is 3.44. The van der Waals surface area contributed by atoms with Crippen LogP contribution < -0.4 is 3.61 Å². The SMILES string of the molecule is Cc1ccc(C)c2c1[Te]CCC2=O. The van der Waals surface area contributed by atoms with Crippen molar-refractivity contribution in [3.63, 3.8) is 0 Å². The van der Waals surface area contributed by atoms with Crippen LogP contribution in [0.3, 0.4) is 0 Å². The molecule has 0 saturated heterocycles. The molecule has 0 unspecified atom stereocenters. The van der Waals surface area contributed by atoms with Gasteiger partial charge >= 0.3 is 88.7 Å². The Labute approximate surface area is 88.6 Å². The number of hydrogen-bond acceptors (Lipinski definition) is 1. The fourth-order valence-electron chi connectivity index (χ4n) is 1.69. The van der Waals surface area contributed by atoms with Crippen LogP contribution in [-0.4, -0.2) is 26.7 Å². The van der Waals surface area contributed by atoms with E-state index in [9.17, 15) is 4.79 Å². The third-order valence-corrected chi connectivity index (χ3v) is 5.91. The second-order valence-corrected chi connectivity index (χ2v) is 6.58. The Morgan fingerprint density at radius 1 is 1.23 bits per heavy atom. The molecule has 0 spiro atoms. The van der Waals surface area contributed by atoms with Crippen LogP contribution >= 0.6 is 0 Å². The molecule has 0 saturated carbocycles. The molecule has 0 bridgehead atoms. The average molecular weight is 288 g/mol. The normalized spacial score (nSPS) is 15.7. The van der Waals surface area contributed by atoms with E-state index in [4.69, 9.17) is 0 Å². The van der Waals surface area contributed by atoms with Crippen LogP contribution in [-0.2, 0) is 0 Å². The fourth-order valence-corrected chi connectivity index (χ4v) is 5.13. The Bertz CT molecular complexity index is 369. The molecule has 0 N–H and O–H groups in total. The summed E-state index contributed by atoms with van der Waals surface area (Å²) in [5.74, 6) is 0.368. The zero-order valence-electron chi connectivity index (χ0n) is 7.89. The molecule has 68 valence electrons. The monoisotopic (exact) mass is 290 g/mol. The van der Waals surface area contributed by atoms with E-state index in [0.29, 0.717) is 5.78 Å². The molecule has 0 aromatic heterocycles. The molecule has 0 radical (unpaired) electrons. The van der Waals surface area contributed by atoms with E-state index in [1.165, 1.54) is 14.7 Å². The van der Waals surface area contributed by atoms with Crippen molar-refractivity contribution in [2.75, 3.05) is 0 Å². The second-order valence-electron chi connectivity index (χ2n) is 3.43. The summed E-state index contributed by atoms with van der Waals surface area (Å²) in [6, 6.07) is 4.22. The fraction of sp³-hybridized carbons (Fsp3) is 0.364. The molecule has 1 aliphatic rings. The number of carbonyl (C=O) groups excluding carboxylic acids is 1. The van der Waals surface area contributed by atoms with Gasteiger partial charge in [0.1, 0.15) is 0 Å². The van der Waals surface area contributed by atoms with Crippen LogP contribution in [0.15, 0.2) is 12.1 Å². The summed E-state index contributed by atoms with van der Waals surface area (Å²) >= 11 is -0.0678. The van der Waals surface area contributed by atoms with Gasteiger partial charge in [0, 0.05) is 0 Å². The van der Waals surface area contributed by atoms with Gasteiger partial charge in [0.05, 0.1) is 0 Å². The number of ketones is 1. The number of rotatable bonds is 0. The Morgan fingerprint density at radius 2 is 1.92 bits per heavy atom. The summed E-state index contributed by atoms with van der Waals surface area (Å²) in [5.41, 5.74) is 3.57. The van der Waals surface area contributed by atoms with E-state index >= 15 is 0 Å². The van der Waals surface area contributed by atoms with Gasteiger partial charge in [0.2, 0.25) is 0 Å². The Hall–Kier alpha value is -0.320. The van der Waals surface area contributed by atoms with Crippen molar-refractivity contribution in [1.82, 2.24) is 0 Å². The van der Waals surface area contributed by atoms with Gasteiger partial charge in [-0.05, 0) is 0 Å². The van der Waals surface area contributed by atoms with Crippen molar-refractivity contribution >= 4 is 30.3 Å². The van der Waals surface area contributed by atoms with Crippen molar-refractivity contribution < 1.29 is 4.79 Å². The van der Waals surface area contributed by atoms with Crippen LogP contribution in [0.5, 0.6) is 0 Å². The molecule has 2 heteroatoms. The van der Waals surface area contributed by atoms with Crippen LogP contribution in [0.4, 0.5) is 0 Å². The molecule has 1 heterocycles. The van der Waals surface area contributed by atoms with Gasteiger partial charge in [-0.2, -0.15) is 0 Å². The quantitative estimate of drug-likeness (QED) is 0.663.